The summed E-state index contributed by atoms with van der Waals surface area (Å²) < 4.78 is 10.7. The van der Waals surface area contributed by atoms with Crippen LogP contribution in [0.15, 0.2) is 6.07 Å². The van der Waals surface area contributed by atoms with E-state index in [2.05, 4.69) is 0 Å². The molecule has 16 heavy (non-hydrogen) atoms. The lowest BCUT2D eigenvalue weighted by molar-refractivity contribution is 0.173. The standard InChI is InChI=1S/C12H16ClNO2/c1-8-9(4-2-3-5-14)6-10(13)12-11(8)15-7-16-12/h6H,2-5,7,14H2,1H3. The molecule has 0 atom stereocenters. The molecule has 0 amide bonds. The van der Waals surface area contributed by atoms with E-state index in [0.29, 0.717) is 10.8 Å². The molecule has 0 bridgehead atoms. The fraction of sp³-hybridized carbons (Fsp3) is 0.500. The number of halogens is 1. The molecule has 0 aromatic heterocycles. The third-order valence-electron chi connectivity index (χ3n) is 2.85. The minimum Gasteiger partial charge on any atom is -0.453 e. The molecular formula is C12H16ClNO2. The van der Waals surface area contributed by atoms with Gasteiger partial charge in [0.05, 0.1) is 5.02 Å². The molecule has 2 N–H and O–H groups in total. The van der Waals surface area contributed by atoms with Gasteiger partial charge in [-0.3, -0.25) is 0 Å². The molecule has 1 aromatic carbocycles. The fourth-order valence-corrected chi connectivity index (χ4v) is 2.20. The lowest BCUT2D eigenvalue weighted by Gasteiger charge is -2.09. The van der Waals surface area contributed by atoms with E-state index in [1.54, 1.807) is 0 Å². The molecule has 1 heterocycles. The second-order valence-corrected chi connectivity index (χ2v) is 4.36. The number of fused-ring (bicyclic) bond motifs is 1. The molecule has 88 valence electrons. The van der Waals surface area contributed by atoms with Crippen LogP contribution in [0.1, 0.15) is 24.0 Å². The highest BCUT2D eigenvalue weighted by Crippen LogP contribution is 2.43. The van der Waals surface area contributed by atoms with Crippen molar-refractivity contribution in [2.75, 3.05) is 13.3 Å². The predicted molar refractivity (Wildman–Crippen MR) is 64.3 cm³/mol. The molecule has 4 heteroatoms. The van der Waals surface area contributed by atoms with Gasteiger partial charge in [-0.2, -0.15) is 0 Å². The van der Waals surface area contributed by atoms with Crippen molar-refractivity contribution in [3.05, 3.63) is 22.2 Å². The molecule has 0 spiro atoms. The molecule has 0 saturated heterocycles. The number of benzene rings is 1. The summed E-state index contributed by atoms with van der Waals surface area (Å²) in [4.78, 5) is 0. The lowest BCUT2D eigenvalue weighted by atomic mass is 10.0. The van der Waals surface area contributed by atoms with E-state index in [1.165, 1.54) is 5.56 Å². The smallest absolute Gasteiger partial charge is 0.231 e. The van der Waals surface area contributed by atoms with Gasteiger partial charge in [-0.15, -0.1) is 0 Å². The van der Waals surface area contributed by atoms with E-state index in [9.17, 15) is 0 Å². The van der Waals surface area contributed by atoms with Gasteiger partial charge >= 0.3 is 0 Å². The number of rotatable bonds is 4. The Hall–Kier alpha value is -0.930. The Morgan fingerprint density at radius 2 is 2.06 bits per heavy atom. The molecule has 0 saturated carbocycles. The molecule has 0 aliphatic carbocycles. The third kappa shape index (κ3) is 2.11. The van der Waals surface area contributed by atoms with Crippen LogP contribution in [-0.2, 0) is 6.42 Å². The summed E-state index contributed by atoms with van der Waals surface area (Å²) in [5.74, 6) is 1.48. The van der Waals surface area contributed by atoms with Crippen LogP contribution in [-0.4, -0.2) is 13.3 Å². The van der Waals surface area contributed by atoms with Crippen molar-refractivity contribution in [2.24, 2.45) is 5.73 Å². The first-order chi connectivity index (χ1) is 7.74. The second-order valence-electron chi connectivity index (χ2n) is 3.95. The SMILES string of the molecule is Cc1c(CCCCN)cc(Cl)c2c1OCO2. The Bertz CT molecular complexity index is 393. The quantitative estimate of drug-likeness (QED) is 0.825. The van der Waals surface area contributed by atoms with E-state index in [-0.39, 0.29) is 6.79 Å². The average Bonchev–Trinajstić information content (AvgIpc) is 2.75. The molecule has 0 radical (unpaired) electrons. The van der Waals surface area contributed by atoms with Crippen molar-refractivity contribution in [2.45, 2.75) is 26.2 Å². The molecule has 1 aromatic rings. The van der Waals surface area contributed by atoms with E-state index in [4.69, 9.17) is 26.8 Å². The monoisotopic (exact) mass is 241 g/mol. The Morgan fingerprint density at radius 1 is 1.31 bits per heavy atom. The largest absolute Gasteiger partial charge is 0.453 e. The normalized spacial score (nSPS) is 13.2. The molecule has 0 fully saturated rings. The van der Waals surface area contributed by atoms with Crippen LogP contribution in [0.5, 0.6) is 11.5 Å². The van der Waals surface area contributed by atoms with Gasteiger partial charge in [0.2, 0.25) is 6.79 Å². The van der Waals surface area contributed by atoms with Crippen LogP contribution in [0, 0.1) is 6.92 Å². The second kappa shape index (κ2) is 4.93. The number of hydrogen-bond acceptors (Lipinski definition) is 3. The number of unbranched alkanes of at least 4 members (excludes halogenated alkanes) is 1. The van der Waals surface area contributed by atoms with Crippen molar-refractivity contribution < 1.29 is 9.47 Å². The van der Waals surface area contributed by atoms with Crippen LogP contribution in [0.2, 0.25) is 5.02 Å². The van der Waals surface area contributed by atoms with Crippen LogP contribution < -0.4 is 15.2 Å². The summed E-state index contributed by atoms with van der Waals surface area (Å²) >= 11 is 6.13. The third-order valence-corrected chi connectivity index (χ3v) is 3.13. The first-order valence-corrected chi connectivity index (χ1v) is 5.89. The Morgan fingerprint density at radius 3 is 2.81 bits per heavy atom. The van der Waals surface area contributed by atoms with Crippen LogP contribution in [0.4, 0.5) is 0 Å². The zero-order chi connectivity index (χ0) is 11.5. The van der Waals surface area contributed by atoms with E-state index >= 15 is 0 Å². The summed E-state index contributed by atoms with van der Waals surface area (Å²) in [5, 5.41) is 0.640. The lowest BCUT2D eigenvalue weighted by Crippen LogP contribution is -2.00. The fourth-order valence-electron chi connectivity index (χ4n) is 1.93. The average molecular weight is 242 g/mol. The first-order valence-electron chi connectivity index (χ1n) is 5.51. The van der Waals surface area contributed by atoms with Crippen LogP contribution >= 0.6 is 11.6 Å². The molecule has 1 aliphatic heterocycles. The minimum atomic E-state index is 0.266. The van der Waals surface area contributed by atoms with Gasteiger partial charge in [0, 0.05) is 0 Å². The van der Waals surface area contributed by atoms with Crippen molar-refractivity contribution in [1.29, 1.82) is 0 Å². The Balaban J connectivity index is 2.23. The minimum absolute atomic E-state index is 0.266. The Kier molecular flexibility index (Phi) is 3.56. The first kappa shape index (κ1) is 11.6. The summed E-state index contributed by atoms with van der Waals surface area (Å²) in [6.45, 7) is 3.04. The van der Waals surface area contributed by atoms with Crippen LogP contribution in [0.25, 0.3) is 0 Å². The van der Waals surface area contributed by atoms with Gasteiger partial charge in [-0.1, -0.05) is 11.6 Å². The highest BCUT2D eigenvalue weighted by molar-refractivity contribution is 6.32. The number of nitrogens with two attached hydrogens (primary N) is 1. The molecule has 2 rings (SSSR count). The van der Waals surface area contributed by atoms with Crippen molar-refractivity contribution in [3.63, 3.8) is 0 Å². The zero-order valence-electron chi connectivity index (χ0n) is 9.38. The summed E-state index contributed by atoms with van der Waals surface area (Å²) in [7, 11) is 0. The van der Waals surface area contributed by atoms with Gasteiger partial charge in [0.25, 0.3) is 0 Å². The summed E-state index contributed by atoms with van der Waals surface area (Å²) in [5.41, 5.74) is 7.84. The van der Waals surface area contributed by atoms with Crippen molar-refractivity contribution >= 4 is 11.6 Å². The van der Waals surface area contributed by atoms with E-state index in [1.807, 2.05) is 13.0 Å². The van der Waals surface area contributed by atoms with E-state index in [0.717, 1.165) is 37.1 Å². The number of hydrogen-bond donors (Lipinski definition) is 1. The Labute approximate surface area is 100 Å². The van der Waals surface area contributed by atoms with Crippen LogP contribution in [0.3, 0.4) is 0 Å². The van der Waals surface area contributed by atoms with E-state index < -0.39 is 0 Å². The number of ether oxygens (including phenoxy) is 2. The molecule has 1 aliphatic rings. The molecule has 0 unspecified atom stereocenters. The van der Waals surface area contributed by atoms with Gasteiger partial charge < -0.3 is 15.2 Å². The molecule has 3 nitrogen and oxygen atoms in total. The maximum atomic E-state index is 6.13. The maximum absolute atomic E-state index is 6.13. The molecular weight excluding hydrogens is 226 g/mol. The van der Waals surface area contributed by atoms with Gasteiger partial charge in [0.1, 0.15) is 0 Å². The number of aryl methyl sites for hydroxylation is 1. The van der Waals surface area contributed by atoms with Gasteiger partial charge in [-0.05, 0) is 49.9 Å². The van der Waals surface area contributed by atoms with Crippen molar-refractivity contribution in [3.8, 4) is 11.5 Å². The topological polar surface area (TPSA) is 44.5 Å². The summed E-state index contributed by atoms with van der Waals surface area (Å²) in [6.07, 6.45) is 3.10. The van der Waals surface area contributed by atoms with Crippen molar-refractivity contribution in [1.82, 2.24) is 0 Å². The van der Waals surface area contributed by atoms with Gasteiger partial charge in [0.15, 0.2) is 11.5 Å². The highest BCUT2D eigenvalue weighted by atomic mass is 35.5. The zero-order valence-corrected chi connectivity index (χ0v) is 10.1. The highest BCUT2D eigenvalue weighted by Gasteiger charge is 2.21. The summed E-state index contributed by atoms with van der Waals surface area (Å²) in [6, 6.07) is 1.97. The maximum Gasteiger partial charge on any atom is 0.231 e. The predicted octanol–water partition coefficient (Wildman–Crippen LogP) is 2.66. The van der Waals surface area contributed by atoms with Gasteiger partial charge in [-0.25, -0.2) is 0 Å².